The van der Waals surface area contributed by atoms with Crippen LogP contribution >= 0.6 is 0 Å². The van der Waals surface area contributed by atoms with Crippen LogP contribution < -0.4 is 0 Å². The summed E-state index contributed by atoms with van der Waals surface area (Å²) in [5.41, 5.74) is -3.22. The maximum Gasteiger partial charge on any atom is 0.164 e. The molecule has 8 aromatic carbocycles. The number of para-hydroxylation sites is 2. The van der Waals surface area contributed by atoms with Gasteiger partial charge in [0.15, 0.2) is 17.5 Å². The quantitative estimate of drug-likeness (QED) is 0.178. The minimum absolute atomic E-state index is 0.0962. The molecule has 0 saturated heterocycles. The van der Waals surface area contributed by atoms with E-state index >= 15 is 0 Å². The number of benzene rings is 8. The molecule has 0 amide bonds. The van der Waals surface area contributed by atoms with Crippen molar-refractivity contribution in [2.24, 2.45) is 0 Å². The molecule has 0 aliphatic rings. The third-order valence-electron chi connectivity index (χ3n) is 8.86. The van der Waals surface area contributed by atoms with Crippen molar-refractivity contribution < 1.29 is 31.8 Å². The van der Waals surface area contributed by atoms with Gasteiger partial charge in [-0.05, 0) is 70.2 Å². The highest BCUT2D eigenvalue weighted by Crippen LogP contribution is 2.41. The van der Waals surface area contributed by atoms with Gasteiger partial charge >= 0.3 is 0 Å². The molecule has 0 aliphatic carbocycles. The highest BCUT2D eigenvalue weighted by Gasteiger charge is 2.20. The molecular weight excluding hydrogens is 661 g/mol. The van der Waals surface area contributed by atoms with Crippen molar-refractivity contribution in [2.75, 3.05) is 0 Å². The molecule has 0 aliphatic heterocycles. The van der Waals surface area contributed by atoms with Crippen LogP contribution in [0.5, 0.6) is 0 Å². The maximum atomic E-state index is 10.0. The van der Waals surface area contributed by atoms with Crippen molar-refractivity contribution in [2.45, 2.75) is 0 Å². The molecule has 5 heteroatoms. The highest BCUT2D eigenvalue weighted by molar-refractivity contribution is 6.14. The number of hydrogen-bond acceptors (Lipinski definition) is 4. The largest absolute Gasteiger partial charge is 0.456 e. The van der Waals surface area contributed by atoms with E-state index in [0.29, 0.717) is 11.1 Å². The fourth-order valence-corrected chi connectivity index (χ4v) is 6.44. The van der Waals surface area contributed by atoms with E-state index in [9.17, 15) is 11.0 Å². The zero-order valence-corrected chi connectivity index (χ0v) is 27.5. The van der Waals surface area contributed by atoms with E-state index in [1.165, 1.54) is 0 Å². The van der Waals surface area contributed by atoms with Gasteiger partial charge in [0.1, 0.15) is 11.2 Å². The van der Waals surface area contributed by atoms with Crippen molar-refractivity contribution in [1.82, 2.24) is 19.5 Å². The smallest absolute Gasteiger partial charge is 0.164 e. The molecule has 0 N–H and O–H groups in total. The van der Waals surface area contributed by atoms with Crippen molar-refractivity contribution in [3.8, 4) is 51.0 Å². The first kappa shape index (κ1) is 16.5. The highest BCUT2D eigenvalue weighted by atomic mass is 16.3. The Morgan fingerprint density at radius 3 is 1.78 bits per heavy atom. The molecule has 0 radical (unpaired) electrons. The zero-order chi connectivity index (χ0) is 53.0. The fourth-order valence-electron chi connectivity index (χ4n) is 6.44. The van der Waals surface area contributed by atoms with E-state index in [-0.39, 0.29) is 33.8 Å². The van der Waals surface area contributed by atoms with E-state index in [2.05, 4.69) is 0 Å². The summed E-state index contributed by atoms with van der Waals surface area (Å²) >= 11 is 0. The van der Waals surface area contributed by atoms with Gasteiger partial charge in [-0.1, -0.05) is 133 Å². The summed E-state index contributed by atoms with van der Waals surface area (Å²) in [5.74, 6) is -0.0763. The van der Waals surface area contributed by atoms with E-state index < -0.39 is 181 Å². The Hall–Kier alpha value is -7.37. The van der Waals surface area contributed by atoms with Gasteiger partial charge in [-0.25, -0.2) is 15.0 Å². The van der Waals surface area contributed by atoms with Crippen LogP contribution in [0.2, 0.25) is 0 Å². The molecule has 3 aromatic heterocycles. The molecule has 0 atom stereocenters. The molecule has 5 nitrogen and oxygen atoms in total. The molecule has 0 unspecified atom stereocenters. The van der Waals surface area contributed by atoms with Crippen LogP contribution in [-0.2, 0) is 0 Å². The number of aromatic nitrogens is 4. The second kappa shape index (κ2) is 12.1. The van der Waals surface area contributed by atoms with E-state index in [1.54, 1.807) is 60.7 Å². The molecule has 252 valence electrons. The molecule has 3 heterocycles. The third-order valence-corrected chi connectivity index (χ3v) is 8.86. The van der Waals surface area contributed by atoms with Crippen LogP contribution in [0.25, 0.3) is 105 Å². The number of hydrogen-bond donors (Lipinski definition) is 0. The third kappa shape index (κ3) is 4.90. The lowest BCUT2D eigenvalue weighted by Gasteiger charge is -2.12. The molecule has 54 heavy (non-hydrogen) atoms. The van der Waals surface area contributed by atoms with Crippen LogP contribution in [-0.4, -0.2) is 19.5 Å². The fraction of sp³-hybridized carbons (Fsp3) is 0. The average molecular weight is 711 g/mol. The van der Waals surface area contributed by atoms with Crippen LogP contribution in [0.4, 0.5) is 0 Å². The first-order valence-corrected chi connectivity index (χ1v) is 16.5. The van der Waals surface area contributed by atoms with E-state index in [1.807, 2.05) is 0 Å². The van der Waals surface area contributed by atoms with Gasteiger partial charge in [-0.2, -0.15) is 0 Å². The summed E-state index contributed by atoms with van der Waals surface area (Å²) in [5, 5.41) is -2.22. The topological polar surface area (TPSA) is 56.7 Å². The summed E-state index contributed by atoms with van der Waals surface area (Å²) in [6.45, 7) is 0. The zero-order valence-electron chi connectivity index (χ0n) is 47.5. The van der Waals surface area contributed by atoms with Gasteiger partial charge in [-0.3, -0.25) is 0 Å². The van der Waals surface area contributed by atoms with E-state index in [4.69, 9.17) is 35.8 Å². The van der Waals surface area contributed by atoms with Gasteiger partial charge in [0.25, 0.3) is 0 Å². The second-order valence-electron chi connectivity index (χ2n) is 12.1. The summed E-state index contributed by atoms with van der Waals surface area (Å²) < 4.78 is 189. The van der Waals surface area contributed by atoms with Gasteiger partial charge in [0.2, 0.25) is 0 Å². The Bertz CT molecular complexity index is 4280. The van der Waals surface area contributed by atoms with Gasteiger partial charge in [0, 0.05) is 43.9 Å². The summed E-state index contributed by atoms with van der Waals surface area (Å²) in [7, 11) is 0. The first-order valence-electron chi connectivity index (χ1n) is 26.5. The maximum absolute atomic E-state index is 10.0. The van der Waals surface area contributed by atoms with Gasteiger partial charge in [0.05, 0.1) is 38.4 Å². The van der Waals surface area contributed by atoms with Gasteiger partial charge in [-0.15, -0.1) is 0 Å². The minimum Gasteiger partial charge on any atom is -0.456 e. The normalized spacial score (nSPS) is 16.9. The Morgan fingerprint density at radius 2 is 1.06 bits per heavy atom. The number of furan rings is 1. The number of rotatable bonds is 5. The first-order chi connectivity index (χ1) is 35.1. The lowest BCUT2D eigenvalue weighted by atomic mass is 9.98. The Kier molecular flexibility index (Phi) is 3.71. The molecule has 0 spiro atoms. The van der Waals surface area contributed by atoms with Crippen LogP contribution in [0, 0.1) is 0 Å². The SMILES string of the molecule is [2H]c1c([2H])c(-n2c3c([2H])c([2H])c([2H])c([2H])c3c3c([2H])c4c([2H])c([2H])c([2H])c([2H])c4c([2H])c32)c([2H])c([2H])c1-c1c([2H])c(-c2nc(-c3ccccc3)nc(-c3ccccc3)n2)c2c(oc3c([2H])c([2H])c([2H])c([2H])c32)c1[2H]. The minimum atomic E-state index is -0.948. The Labute approximate surface area is 338 Å². The van der Waals surface area contributed by atoms with Crippen LogP contribution in [0.15, 0.2) is 186 Å². The molecule has 0 fully saturated rings. The summed E-state index contributed by atoms with van der Waals surface area (Å²) in [4.78, 5) is 14.3. The Balaban J connectivity index is 1.30. The standard InChI is InChI=1S/C49H30N4O/c1-3-13-32(14-4-1)47-50-48(33-15-5-2-6-16-33)52-49(51-47)41-28-36(30-45-46(41)39-20-10-12-22-44(39)54-45)31-23-25-37(26-24-31)53-42-21-11-9-19-38(42)40-27-34-17-7-8-18-35(34)29-43(40)53/h1-30H/i7D,8D,9D,10D,11D,12D,17D,18D,19D,20D,21D,22D,23D,24D,25D,26D,27D,28D,29D,30D. The molecular formula is C49H30N4O. The summed E-state index contributed by atoms with van der Waals surface area (Å²) in [6.07, 6.45) is 0. The van der Waals surface area contributed by atoms with Crippen LogP contribution in [0.3, 0.4) is 0 Å². The predicted octanol–water partition coefficient (Wildman–Crippen LogP) is 12.7. The predicted molar refractivity (Wildman–Crippen MR) is 221 cm³/mol. The monoisotopic (exact) mass is 710 g/mol. The van der Waals surface area contributed by atoms with Crippen molar-refractivity contribution in [3.63, 3.8) is 0 Å². The lowest BCUT2D eigenvalue weighted by molar-refractivity contribution is 0.669. The molecule has 11 aromatic rings. The lowest BCUT2D eigenvalue weighted by Crippen LogP contribution is -2.00. The van der Waals surface area contributed by atoms with Crippen molar-refractivity contribution in [1.29, 1.82) is 0 Å². The van der Waals surface area contributed by atoms with Gasteiger partial charge < -0.3 is 8.98 Å². The van der Waals surface area contributed by atoms with Crippen LogP contribution in [0.1, 0.15) is 27.4 Å². The summed E-state index contributed by atoms with van der Waals surface area (Å²) in [6, 6.07) is 2.10. The molecule has 0 bridgehead atoms. The molecule has 0 saturated carbocycles. The van der Waals surface area contributed by atoms with Crippen molar-refractivity contribution >= 4 is 54.5 Å². The second-order valence-corrected chi connectivity index (χ2v) is 12.1. The molecule has 11 rings (SSSR count). The Morgan fingerprint density at radius 1 is 0.444 bits per heavy atom. The number of fused-ring (bicyclic) bond motifs is 7. The van der Waals surface area contributed by atoms with Crippen molar-refractivity contribution in [3.05, 3.63) is 182 Å². The number of nitrogens with zero attached hydrogens (tertiary/aromatic N) is 4. The average Bonchev–Trinajstić information content (AvgIpc) is 4.01. The van der Waals surface area contributed by atoms with E-state index in [0.717, 1.165) is 4.57 Å².